The summed E-state index contributed by atoms with van der Waals surface area (Å²) in [5.74, 6) is 0. The molecule has 3 nitrogen and oxygen atoms in total. The maximum Gasteiger partial charge on any atom is 0.175 e. The predicted octanol–water partition coefficient (Wildman–Crippen LogP) is 4.59. The first kappa shape index (κ1) is 16.3. The zero-order chi connectivity index (χ0) is 14.5. The van der Waals surface area contributed by atoms with Crippen molar-refractivity contribution in [2.75, 3.05) is 6.26 Å². The summed E-state index contributed by atoms with van der Waals surface area (Å²) in [6.45, 7) is 2.12. The third-order valence-electron chi connectivity index (χ3n) is 2.85. The molecule has 20 heavy (non-hydrogen) atoms. The summed E-state index contributed by atoms with van der Waals surface area (Å²) in [5.41, 5.74) is 7.52. The fourth-order valence-corrected chi connectivity index (χ4v) is 4.84. The van der Waals surface area contributed by atoms with Gasteiger partial charge in [0.25, 0.3) is 0 Å². The zero-order valence-corrected chi connectivity index (χ0v) is 15.3. The van der Waals surface area contributed by atoms with Crippen LogP contribution in [0.5, 0.6) is 0 Å². The molecule has 0 radical (unpaired) electrons. The third-order valence-corrected chi connectivity index (χ3v) is 6.77. The van der Waals surface area contributed by atoms with Crippen molar-refractivity contribution in [2.45, 2.75) is 33.3 Å². The maximum atomic E-state index is 6.29. The van der Waals surface area contributed by atoms with E-state index in [0.29, 0.717) is 0 Å². The molecule has 7 heteroatoms. The average molecular weight is 390 g/mol. The number of nitrogens with two attached hydrogens (primary N) is 1. The van der Waals surface area contributed by atoms with Crippen LogP contribution in [0.15, 0.2) is 37.4 Å². The van der Waals surface area contributed by atoms with Gasteiger partial charge in [0.15, 0.2) is 8.68 Å². The van der Waals surface area contributed by atoms with Crippen LogP contribution in [0.4, 0.5) is 0 Å². The molecule has 0 aliphatic rings. The molecule has 2 atom stereocenters. The summed E-state index contributed by atoms with van der Waals surface area (Å²) < 4.78 is 3.05. The van der Waals surface area contributed by atoms with E-state index in [9.17, 15) is 0 Å². The molecule has 0 bridgehead atoms. The van der Waals surface area contributed by atoms with Crippen LogP contribution >= 0.6 is 50.8 Å². The van der Waals surface area contributed by atoms with Gasteiger partial charge in [-0.2, -0.15) is 0 Å². The van der Waals surface area contributed by atoms with E-state index in [1.165, 1.54) is 5.56 Å². The molecule has 1 heterocycles. The van der Waals surface area contributed by atoms with Gasteiger partial charge >= 0.3 is 0 Å². The van der Waals surface area contributed by atoms with E-state index < -0.39 is 0 Å². The number of thioether (sulfide) groups is 2. The van der Waals surface area contributed by atoms with Gasteiger partial charge in [-0.1, -0.05) is 69.8 Å². The second-order valence-electron chi connectivity index (χ2n) is 4.20. The average Bonchev–Trinajstić information content (AvgIpc) is 2.93. The van der Waals surface area contributed by atoms with Crippen LogP contribution in [0, 0.1) is 0 Å². The molecule has 108 valence electrons. The number of hydrogen-bond donors (Lipinski definition) is 1. The Kier molecular flexibility index (Phi) is 6.35. The van der Waals surface area contributed by atoms with Crippen LogP contribution in [-0.4, -0.2) is 22.5 Å². The molecule has 0 saturated heterocycles. The predicted molar refractivity (Wildman–Crippen MR) is 92.7 cm³/mol. The molecule has 0 saturated carbocycles. The van der Waals surface area contributed by atoms with Crippen LogP contribution < -0.4 is 5.73 Å². The van der Waals surface area contributed by atoms with E-state index in [0.717, 1.165) is 19.6 Å². The van der Waals surface area contributed by atoms with E-state index in [2.05, 4.69) is 57.3 Å². The number of aromatic nitrogens is 2. The molecule has 0 aliphatic carbocycles. The minimum Gasteiger partial charge on any atom is -0.326 e. The van der Waals surface area contributed by atoms with Gasteiger partial charge < -0.3 is 5.73 Å². The van der Waals surface area contributed by atoms with Crippen LogP contribution in [0.3, 0.4) is 0 Å². The molecule has 0 fully saturated rings. The molecule has 2 aromatic rings. The monoisotopic (exact) mass is 389 g/mol. The lowest BCUT2D eigenvalue weighted by molar-refractivity contribution is 0.633. The summed E-state index contributed by atoms with van der Waals surface area (Å²) >= 11 is 8.42. The molecule has 0 spiro atoms. The smallest absolute Gasteiger partial charge is 0.175 e. The normalized spacial score (nSPS) is 14.2. The Morgan fingerprint density at radius 3 is 2.45 bits per heavy atom. The number of hydrogen-bond acceptors (Lipinski definition) is 6. The number of benzene rings is 1. The third kappa shape index (κ3) is 4.21. The Labute approximate surface area is 140 Å². The van der Waals surface area contributed by atoms with Crippen molar-refractivity contribution in [1.82, 2.24) is 10.2 Å². The molecular weight excluding hydrogens is 374 g/mol. The second-order valence-corrected chi connectivity index (χ2v) is 8.54. The van der Waals surface area contributed by atoms with E-state index in [1.54, 1.807) is 34.9 Å². The molecule has 2 unspecified atom stereocenters. The Morgan fingerprint density at radius 1 is 1.25 bits per heavy atom. The topological polar surface area (TPSA) is 51.8 Å². The lowest BCUT2D eigenvalue weighted by Crippen LogP contribution is -2.25. The fraction of sp³-hybridized carbons (Fsp3) is 0.385. The standard InChI is InChI=1S/C13H16BrN3S3/c1-3-10(15)11(8-4-6-9(14)7-5-8)19-13-17-16-12(18-2)20-13/h4-7,10-11H,3,15H2,1-2H3. The zero-order valence-electron chi connectivity index (χ0n) is 11.2. The number of halogens is 1. The number of rotatable bonds is 6. The Bertz CT molecular complexity index is 544. The SMILES string of the molecule is CCC(N)C(Sc1nnc(SC)s1)c1ccc(Br)cc1. The minimum absolute atomic E-state index is 0.0998. The first-order valence-electron chi connectivity index (χ1n) is 6.19. The van der Waals surface area contributed by atoms with Crippen molar-refractivity contribution >= 4 is 50.8 Å². The Balaban J connectivity index is 2.21. The van der Waals surface area contributed by atoms with Gasteiger partial charge in [-0.15, -0.1) is 10.2 Å². The van der Waals surface area contributed by atoms with Gasteiger partial charge in [0.1, 0.15) is 0 Å². The first-order chi connectivity index (χ1) is 9.63. The first-order valence-corrected chi connectivity index (χ1v) is 9.90. The molecule has 1 aromatic carbocycles. The van der Waals surface area contributed by atoms with Crippen LogP contribution in [0.25, 0.3) is 0 Å². The lowest BCUT2D eigenvalue weighted by Gasteiger charge is -2.21. The van der Waals surface area contributed by atoms with Crippen molar-refractivity contribution in [3.8, 4) is 0 Å². The van der Waals surface area contributed by atoms with Crippen molar-refractivity contribution in [2.24, 2.45) is 5.73 Å². The molecule has 0 aliphatic heterocycles. The number of nitrogens with zero attached hydrogens (tertiary/aromatic N) is 2. The minimum atomic E-state index is 0.0998. The van der Waals surface area contributed by atoms with E-state index >= 15 is 0 Å². The van der Waals surface area contributed by atoms with Gasteiger partial charge in [-0.25, -0.2) is 0 Å². The Morgan fingerprint density at radius 2 is 1.90 bits per heavy atom. The molecule has 1 aromatic heterocycles. The van der Waals surface area contributed by atoms with Crippen LogP contribution in [-0.2, 0) is 0 Å². The molecule has 2 rings (SSSR count). The van der Waals surface area contributed by atoms with Gasteiger partial charge in [0.05, 0.1) is 5.25 Å². The highest BCUT2D eigenvalue weighted by Crippen LogP contribution is 2.40. The fourth-order valence-electron chi connectivity index (χ4n) is 1.71. The van der Waals surface area contributed by atoms with Crippen molar-refractivity contribution in [1.29, 1.82) is 0 Å². The van der Waals surface area contributed by atoms with E-state index in [1.807, 2.05) is 6.26 Å². The summed E-state index contributed by atoms with van der Waals surface area (Å²) in [5, 5.41) is 8.58. The van der Waals surface area contributed by atoms with Crippen LogP contribution in [0.1, 0.15) is 24.2 Å². The van der Waals surface area contributed by atoms with E-state index in [4.69, 9.17) is 5.73 Å². The summed E-state index contributed by atoms with van der Waals surface area (Å²) in [7, 11) is 0. The van der Waals surface area contributed by atoms with Gasteiger partial charge in [-0.05, 0) is 30.4 Å². The maximum absolute atomic E-state index is 6.29. The Hall–Kier alpha value is -0.0800. The molecule has 0 amide bonds. The highest BCUT2D eigenvalue weighted by Gasteiger charge is 2.22. The van der Waals surface area contributed by atoms with Crippen molar-refractivity contribution < 1.29 is 0 Å². The summed E-state index contributed by atoms with van der Waals surface area (Å²) in [6.07, 6.45) is 2.95. The van der Waals surface area contributed by atoms with E-state index in [-0.39, 0.29) is 11.3 Å². The van der Waals surface area contributed by atoms with Crippen molar-refractivity contribution in [3.63, 3.8) is 0 Å². The van der Waals surface area contributed by atoms with Gasteiger partial charge in [0, 0.05) is 10.5 Å². The highest BCUT2D eigenvalue weighted by atomic mass is 79.9. The van der Waals surface area contributed by atoms with Gasteiger partial charge in [0.2, 0.25) is 0 Å². The van der Waals surface area contributed by atoms with Gasteiger partial charge in [-0.3, -0.25) is 0 Å². The molecular formula is C13H16BrN3S3. The summed E-state index contributed by atoms with van der Waals surface area (Å²) in [4.78, 5) is 0. The second kappa shape index (κ2) is 7.79. The summed E-state index contributed by atoms with van der Waals surface area (Å²) in [6, 6.07) is 8.45. The molecule has 2 N–H and O–H groups in total. The van der Waals surface area contributed by atoms with Crippen molar-refractivity contribution in [3.05, 3.63) is 34.3 Å². The quantitative estimate of drug-likeness (QED) is 0.731. The lowest BCUT2D eigenvalue weighted by atomic mass is 10.0. The van der Waals surface area contributed by atoms with Crippen LogP contribution in [0.2, 0.25) is 0 Å². The largest absolute Gasteiger partial charge is 0.326 e. The highest BCUT2D eigenvalue weighted by molar-refractivity contribution is 9.10.